The van der Waals surface area contributed by atoms with Crippen molar-refractivity contribution in [1.29, 1.82) is 0 Å². The zero-order chi connectivity index (χ0) is 14.2. The molecule has 0 unspecified atom stereocenters. The van der Waals surface area contributed by atoms with Gasteiger partial charge in [-0.15, -0.1) is 10.2 Å². The monoisotopic (exact) mass is 345 g/mol. The van der Waals surface area contributed by atoms with Gasteiger partial charge in [0.1, 0.15) is 18.7 Å². The number of aliphatic imine (C=N–C) groups is 1. The lowest BCUT2D eigenvalue weighted by atomic mass is 10.1. The van der Waals surface area contributed by atoms with Crippen LogP contribution in [0.2, 0.25) is 0 Å². The van der Waals surface area contributed by atoms with Gasteiger partial charge in [-0.25, -0.2) is 0 Å². The number of piperidine rings is 1. The van der Waals surface area contributed by atoms with Gasteiger partial charge in [0.25, 0.3) is 0 Å². The molecule has 1 aromatic heterocycles. The minimum Gasteiger partial charge on any atom is -0.356 e. The Morgan fingerprint density at radius 2 is 1.95 bits per heavy atom. The van der Waals surface area contributed by atoms with Gasteiger partial charge in [-0.3, -0.25) is 9.56 Å². The molecular weight excluding hydrogens is 330 g/mol. The Labute approximate surface area is 131 Å². The highest BCUT2D eigenvalue weighted by molar-refractivity contribution is 9.10. The first-order chi connectivity index (χ1) is 10.3. The number of halogens is 1. The lowest BCUT2D eigenvalue weighted by Crippen LogP contribution is -2.36. The summed E-state index contributed by atoms with van der Waals surface area (Å²) in [6, 6.07) is 6.32. The highest BCUT2D eigenvalue weighted by Gasteiger charge is 2.23. The summed E-state index contributed by atoms with van der Waals surface area (Å²) in [4.78, 5) is 7.25. The number of aromatic nitrogens is 3. The SMILES string of the molecule is Brc1ccc2c(c1)C(N1CCCCC1)=NCc1nncn1-2. The number of nitrogens with zero attached hydrogens (tertiary/aromatic N) is 5. The Morgan fingerprint density at radius 1 is 1.10 bits per heavy atom. The third-order valence-electron chi connectivity index (χ3n) is 4.10. The van der Waals surface area contributed by atoms with Gasteiger partial charge in [0.05, 0.1) is 5.69 Å². The Balaban J connectivity index is 1.86. The molecule has 2 aliphatic rings. The third-order valence-corrected chi connectivity index (χ3v) is 4.60. The number of amidine groups is 1. The van der Waals surface area contributed by atoms with Crippen LogP contribution in [0.1, 0.15) is 30.7 Å². The van der Waals surface area contributed by atoms with Gasteiger partial charge in [-0.1, -0.05) is 15.9 Å². The fourth-order valence-electron chi connectivity index (χ4n) is 3.07. The van der Waals surface area contributed by atoms with E-state index in [1.807, 2.05) is 4.57 Å². The molecule has 6 heteroatoms. The van der Waals surface area contributed by atoms with E-state index in [0.717, 1.165) is 40.5 Å². The summed E-state index contributed by atoms with van der Waals surface area (Å²) < 4.78 is 3.12. The van der Waals surface area contributed by atoms with Gasteiger partial charge in [-0.05, 0) is 37.5 Å². The third kappa shape index (κ3) is 2.27. The predicted molar refractivity (Wildman–Crippen MR) is 84.7 cm³/mol. The van der Waals surface area contributed by atoms with Crippen LogP contribution in [0.15, 0.2) is 34.0 Å². The number of hydrogen-bond donors (Lipinski definition) is 0. The fourth-order valence-corrected chi connectivity index (χ4v) is 3.43. The summed E-state index contributed by atoms with van der Waals surface area (Å²) in [5.74, 6) is 1.99. The van der Waals surface area contributed by atoms with Crippen LogP contribution in [0.5, 0.6) is 0 Å². The van der Waals surface area contributed by atoms with Crippen molar-refractivity contribution in [2.24, 2.45) is 4.99 Å². The molecule has 5 nitrogen and oxygen atoms in total. The molecule has 0 N–H and O–H groups in total. The van der Waals surface area contributed by atoms with Gasteiger partial charge < -0.3 is 4.90 Å². The molecule has 0 radical (unpaired) electrons. The number of hydrogen-bond acceptors (Lipinski definition) is 4. The molecule has 21 heavy (non-hydrogen) atoms. The van der Waals surface area contributed by atoms with Gasteiger partial charge in [0.15, 0.2) is 5.82 Å². The molecule has 1 fully saturated rings. The van der Waals surface area contributed by atoms with E-state index in [1.54, 1.807) is 6.33 Å². The lowest BCUT2D eigenvalue weighted by Gasteiger charge is -2.30. The van der Waals surface area contributed by atoms with Crippen LogP contribution in [-0.2, 0) is 6.54 Å². The molecule has 0 amide bonds. The molecule has 1 saturated heterocycles. The molecule has 2 aromatic rings. The zero-order valence-corrected chi connectivity index (χ0v) is 13.3. The van der Waals surface area contributed by atoms with Crippen LogP contribution in [-0.4, -0.2) is 38.6 Å². The van der Waals surface area contributed by atoms with Crippen LogP contribution in [0.25, 0.3) is 5.69 Å². The molecule has 0 saturated carbocycles. The van der Waals surface area contributed by atoms with Gasteiger partial charge in [0, 0.05) is 23.1 Å². The minimum atomic E-state index is 0.581. The minimum absolute atomic E-state index is 0.581. The molecule has 2 aliphatic heterocycles. The van der Waals surface area contributed by atoms with Crippen molar-refractivity contribution in [3.63, 3.8) is 0 Å². The second-order valence-electron chi connectivity index (χ2n) is 5.47. The first-order valence-electron chi connectivity index (χ1n) is 7.31. The summed E-state index contributed by atoms with van der Waals surface area (Å²) in [5.41, 5.74) is 2.27. The molecule has 0 atom stereocenters. The van der Waals surface area contributed by atoms with Crippen molar-refractivity contribution in [3.05, 3.63) is 40.4 Å². The molecule has 108 valence electrons. The van der Waals surface area contributed by atoms with E-state index in [2.05, 4.69) is 49.2 Å². The maximum Gasteiger partial charge on any atom is 0.159 e. The first kappa shape index (κ1) is 13.0. The van der Waals surface area contributed by atoms with E-state index in [4.69, 9.17) is 4.99 Å². The summed E-state index contributed by atoms with van der Waals surface area (Å²) >= 11 is 3.58. The van der Waals surface area contributed by atoms with Gasteiger partial charge >= 0.3 is 0 Å². The number of likely N-dealkylation sites (tertiary alicyclic amines) is 1. The summed E-state index contributed by atoms with van der Waals surface area (Å²) in [6.07, 6.45) is 5.58. The van der Waals surface area contributed by atoms with Crippen molar-refractivity contribution in [2.75, 3.05) is 13.1 Å². The topological polar surface area (TPSA) is 46.3 Å². The summed E-state index contributed by atoms with van der Waals surface area (Å²) in [6.45, 7) is 2.76. The van der Waals surface area contributed by atoms with Crippen molar-refractivity contribution in [2.45, 2.75) is 25.8 Å². The largest absolute Gasteiger partial charge is 0.356 e. The average Bonchev–Trinajstić information content (AvgIpc) is 2.92. The van der Waals surface area contributed by atoms with Crippen molar-refractivity contribution >= 4 is 21.8 Å². The molecule has 3 heterocycles. The Morgan fingerprint density at radius 3 is 2.81 bits per heavy atom. The first-order valence-corrected chi connectivity index (χ1v) is 8.11. The maximum absolute atomic E-state index is 4.84. The van der Waals surface area contributed by atoms with Crippen molar-refractivity contribution < 1.29 is 0 Å². The smallest absolute Gasteiger partial charge is 0.159 e. The standard InChI is InChI=1S/C15H16BrN5/c16-11-4-5-13-12(8-11)15(20-6-2-1-3-7-20)17-9-14-19-18-10-21(13)14/h4-5,8,10H,1-3,6-7,9H2. The Bertz CT molecular complexity index is 700. The van der Waals surface area contributed by atoms with E-state index in [1.165, 1.54) is 19.3 Å². The molecule has 4 rings (SSSR count). The van der Waals surface area contributed by atoms with E-state index in [9.17, 15) is 0 Å². The molecular formula is C15H16BrN5. The second-order valence-corrected chi connectivity index (χ2v) is 6.38. The average molecular weight is 346 g/mol. The van der Waals surface area contributed by atoms with Crippen LogP contribution >= 0.6 is 15.9 Å². The second kappa shape index (κ2) is 5.26. The molecule has 0 aliphatic carbocycles. The highest BCUT2D eigenvalue weighted by Crippen LogP contribution is 2.27. The predicted octanol–water partition coefficient (Wildman–Crippen LogP) is 2.78. The highest BCUT2D eigenvalue weighted by atomic mass is 79.9. The molecule has 1 aromatic carbocycles. The number of rotatable bonds is 0. The van der Waals surface area contributed by atoms with Crippen molar-refractivity contribution in [3.8, 4) is 5.69 Å². The van der Waals surface area contributed by atoms with E-state index in [0.29, 0.717) is 6.54 Å². The normalized spacial score (nSPS) is 17.8. The Hall–Kier alpha value is -1.69. The fraction of sp³-hybridized carbons (Fsp3) is 0.400. The maximum atomic E-state index is 4.84. The number of fused-ring (bicyclic) bond motifs is 3. The molecule has 0 spiro atoms. The van der Waals surface area contributed by atoms with Crippen LogP contribution in [0.4, 0.5) is 0 Å². The molecule has 0 bridgehead atoms. The van der Waals surface area contributed by atoms with Crippen LogP contribution in [0, 0.1) is 0 Å². The van der Waals surface area contributed by atoms with Crippen LogP contribution < -0.4 is 0 Å². The number of benzene rings is 1. The Kier molecular flexibility index (Phi) is 3.25. The van der Waals surface area contributed by atoms with Gasteiger partial charge in [-0.2, -0.15) is 0 Å². The zero-order valence-electron chi connectivity index (χ0n) is 11.7. The van der Waals surface area contributed by atoms with E-state index >= 15 is 0 Å². The lowest BCUT2D eigenvalue weighted by molar-refractivity contribution is 0.342. The van der Waals surface area contributed by atoms with Crippen molar-refractivity contribution in [1.82, 2.24) is 19.7 Å². The quantitative estimate of drug-likeness (QED) is 0.737. The van der Waals surface area contributed by atoms with Crippen LogP contribution in [0.3, 0.4) is 0 Å². The summed E-state index contributed by atoms with van der Waals surface area (Å²) in [5, 5.41) is 8.22. The summed E-state index contributed by atoms with van der Waals surface area (Å²) in [7, 11) is 0. The van der Waals surface area contributed by atoms with E-state index < -0.39 is 0 Å². The van der Waals surface area contributed by atoms with E-state index in [-0.39, 0.29) is 0 Å². The van der Waals surface area contributed by atoms with Gasteiger partial charge in [0.2, 0.25) is 0 Å².